The van der Waals surface area contributed by atoms with Crippen molar-refractivity contribution in [3.63, 3.8) is 0 Å². The van der Waals surface area contributed by atoms with Gasteiger partial charge in [0.15, 0.2) is 11.1 Å². The molecule has 1 aromatic heterocycles. The van der Waals surface area contributed by atoms with E-state index in [9.17, 15) is 4.79 Å². The second kappa shape index (κ2) is 5.56. The first kappa shape index (κ1) is 13.8. The standard InChI is InChI=1S/C12H19N5OS/c1-7(2)5-10(18)17-4-3-8-9(6-17)19-12(15-8)16-11(13)14/h7H,3-6H2,1-2H3,(H4,13,14,15,16). The lowest BCUT2D eigenvalue weighted by molar-refractivity contribution is -0.132. The number of hydrogen-bond donors (Lipinski definition) is 3. The minimum absolute atomic E-state index is 0.112. The number of rotatable bonds is 3. The Kier molecular flexibility index (Phi) is 4.04. The first-order valence-electron chi connectivity index (χ1n) is 6.33. The van der Waals surface area contributed by atoms with Crippen LogP contribution in [0.2, 0.25) is 0 Å². The fourth-order valence-electron chi connectivity index (χ4n) is 2.06. The highest BCUT2D eigenvalue weighted by molar-refractivity contribution is 7.15. The van der Waals surface area contributed by atoms with Crippen LogP contribution in [0.15, 0.2) is 0 Å². The van der Waals surface area contributed by atoms with Gasteiger partial charge >= 0.3 is 0 Å². The monoisotopic (exact) mass is 281 g/mol. The van der Waals surface area contributed by atoms with E-state index >= 15 is 0 Å². The van der Waals surface area contributed by atoms with Gasteiger partial charge in [-0.25, -0.2) is 4.98 Å². The Morgan fingerprint density at radius 2 is 2.37 bits per heavy atom. The molecule has 0 fully saturated rings. The molecule has 19 heavy (non-hydrogen) atoms. The number of guanidine groups is 1. The molecule has 6 nitrogen and oxygen atoms in total. The van der Waals surface area contributed by atoms with E-state index in [0.717, 1.165) is 23.5 Å². The fraction of sp³-hybridized carbons (Fsp3) is 0.583. The van der Waals surface area contributed by atoms with Crippen LogP contribution in [0.5, 0.6) is 0 Å². The maximum Gasteiger partial charge on any atom is 0.223 e. The number of carbonyl (C=O) groups is 1. The summed E-state index contributed by atoms with van der Waals surface area (Å²) >= 11 is 1.47. The van der Waals surface area contributed by atoms with Crippen LogP contribution in [-0.4, -0.2) is 28.3 Å². The molecule has 2 heterocycles. The van der Waals surface area contributed by atoms with E-state index in [2.05, 4.69) is 24.1 Å². The van der Waals surface area contributed by atoms with Gasteiger partial charge in [-0.1, -0.05) is 25.2 Å². The van der Waals surface area contributed by atoms with E-state index < -0.39 is 0 Å². The zero-order valence-corrected chi connectivity index (χ0v) is 12.0. The van der Waals surface area contributed by atoms with E-state index in [1.54, 1.807) is 0 Å². The molecule has 0 unspecified atom stereocenters. The van der Waals surface area contributed by atoms with Gasteiger partial charge < -0.3 is 16.0 Å². The number of nitrogens with one attached hydrogen (secondary N) is 2. The minimum Gasteiger partial charge on any atom is -0.370 e. The van der Waals surface area contributed by atoms with Crippen molar-refractivity contribution in [3.05, 3.63) is 10.6 Å². The number of nitrogens with zero attached hydrogens (tertiary/aromatic N) is 2. The van der Waals surface area contributed by atoms with Gasteiger partial charge in [0.05, 0.1) is 12.2 Å². The predicted molar refractivity (Wildman–Crippen MR) is 76.2 cm³/mol. The molecule has 1 aliphatic heterocycles. The summed E-state index contributed by atoms with van der Waals surface area (Å²) in [5.74, 6) is 0.472. The SMILES string of the molecule is CC(C)CC(=O)N1CCc2nc(NC(=N)N)sc2C1. The highest BCUT2D eigenvalue weighted by Crippen LogP contribution is 2.28. The van der Waals surface area contributed by atoms with Gasteiger partial charge in [0.1, 0.15) is 0 Å². The summed E-state index contributed by atoms with van der Waals surface area (Å²) in [6.45, 7) is 5.45. The van der Waals surface area contributed by atoms with Gasteiger partial charge in [0.25, 0.3) is 0 Å². The summed E-state index contributed by atoms with van der Waals surface area (Å²) in [7, 11) is 0. The Balaban J connectivity index is 2.05. The van der Waals surface area contributed by atoms with Crippen LogP contribution in [0.1, 0.15) is 30.8 Å². The summed E-state index contributed by atoms with van der Waals surface area (Å²) in [5.41, 5.74) is 6.30. The van der Waals surface area contributed by atoms with Crippen LogP contribution in [0.3, 0.4) is 0 Å². The Labute approximate surface area is 116 Å². The molecule has 0 saturated carbocycles. The Hall–Kier alpha value is -1.63. The number of hydrogen-bond acceptors (Lipinski definition) is 4. The predicted octanol–water partition coefficient (Wildman–Crippen LogP) is 1.38. The smallest absolute Gasteiger partial charge is 0.223 e. The fourth-order valence-corrected chi connectivity index (χ4v) is 3.09. The largest absolute Gasteiger partial charge is 0.370 e. The van der Waals surface area contributed by atoms with Crippen molar-refractivity contribution in [3.8, 4) is 0 Å². The summed E-state index contributed by atoms with van der Waals surface area (Å²) in [4.78, 5) is 19.4. The van der Waals surface area contributed by atoms with Crippen LogP contribution < -0.4 is 11.1 Å². The normalized spacial score (nSPS) is 14.4. The topological polar surface area (TPSA) is 95.1 Å². The molecule has 1 aliphatic rings. The summed E-state index contributed by atoms with van der Waals surface area (Å²) in [6, 6.07) is 0. The van der Waals surface area contributed by atoms with Crippen molar-refractivity contribution in [1.29, 1.82) is 5.41 Å². The molecule has 1 aromatic rings. The molecule has 0 spiro atoms. The summed E-state index contributed by atoms with van der Waals surface area (Å²) < 4.78 is 0. The molecule has 0 bridgehead atoms. The lowest BCUT2D eigenvalue weighted by atomic mass is 10.1. The second-order valence-electron chi connectivity index (χ2n) is 5.09. The van der Waals surface area contributed by atoms with Gasteiger partial charge in [-0.05, 0) is 5.92 Å². The number of anilines is 1. The molecular weight excluding hydrogens is 262 g/mol. The van der Waals surface area contributed by atoms with E-state index in [0.29, 0.717) is 24.0 Å². The van der Waals surface area contributed by atoms with Crippen LogP contribution in [0, 0.1) is 11.3 Å². The molecule has 0 saturated heterocycles. The van der Waals surface area contributed by atoms with E-state index in [1.165, 1.54) is 11.3 Å². The Morgan fingerprint density at radius 1 is 1.63 bits per heavy atom. The zero-order valence-electron chi connectivity index (χ0n) is 11.2. The van der Waals surface area contributed by atoms with Gasteiger partial charge in [-0.15, -0.1) is 0 Å². The van der Waals surface area contributed by atoms with E-state index in [1.807, 2.05) is 4.90 Å². The lowest BCUT2D eigenvalue weighted by Crippen LogP contribution is -2.36. The third-order valence-electron chi connectivity index (χ3n) is 2.91. The maximum absolute atomic E-state index is 12.0. The van der Waals surface area contributed by atoms with Crippen molar-refractivity contribution in [2.45, 2.75) is 33.2 Å². The van der Waals surface area contributed by atoms with Gasteiger partial charge in [0.2, 0.25) is 5.91 Å². The van der Waals surface area contributed by atoms with Gasteiger partial charge in [-0.3, -0.25) is 10.2 Å². The van der Waals surface area contributed by atoms with Crippen molar-refractivity contribution in [2.24, 2.45) is 11.7 Å². The molecule has 2 rings (SSSR count). The van der Waals surface area contributed by atoms with E-state index in [-0.39, 0.29) is 11.9 Å². The van der Waals surface area contributed by atoms with Crippen molar-refractivity contribution < 1.29 is 4.79 Å². The summed E-state index contributed by atoms with van der Waals surface area (Å²) in [5, 5.41) is 10.5. The Bertz CT molecular complexity index is 496. The molecule has 4 N–H and O–H groups in total. The second-order valence-corrected chi connectivity index (χ2v) is 6.17. The average molecular weight is 281 g/mol. The van der Waals surface area contributed by atoms with Crippen LogP contribution in [0.4, 0.5) is 5.13 Å². The van der Waals surface area contributed by atoms with Crippen molar-refractivity contribution in [1.82, 2.24) is 9.88 Å². The number of thiazole rings is 1. The summed E-state index contributed by atoms with van der Waals surface area (Å²) in [6.07, 6.45) is 1.36. The third-order valence-corrected chi connectivity index (χ3v) is 3.91. The van der Waals surface area contributed by atoms with Gasteiger partial charge in [-0.2, -0.15) is 0 Å². The van der Waals surface area contributed by atoms with E-state index in [4.69, 9.17) is 11.1 Å². The number of amides is 1. The molecule has 0 aliphatic carbocycles. The minimum atomic E-state index is -0.112. The molecule has 0 aromatic carbocycles. The maximum atomic E-state index is 12.0. The van der Waals surface area contributed by atoms with Crippen molar-refractivity contribution in [2.75, 3.05) is 11.9 Å². The van der Waals surface area contributed by atoms with Crippen LogP contribution >= 0.6 is 11.3 Å². The molecule has 0 atom stereocenters. The zero-order chi connectivity index (χ0) is 14.0. The number of nitrogens with two attached hydrogens (primary N) is 1. The first-order valence-corrected chi connectivity index (χ1v) is 7.14. The quantitative estimate of drug-likeness (QED) is 0.576. The average Bonchev–Trinajstić information content (AvgIpc) is 2.67. The van der Waals surface area contributed by atoms with Crippen LogP contribution in [0.25, 0.3) is 0 Å². The molecule has 7 heteroatoms. The van der Waals surface area contributed by atoms with Crippen molar-refractivity contribution >= 4 is 28.3 Å². The van der Waals surface area contributed by atoms with Crippen LogP contribution in [-0.2, 0) is 17.8 Å². The first-order chi connectivity index (χ1) is 8.95. The number of aromatic nitrogens is 1. The highest BCUT2D eigenvalue weighted by atomic mass is 32.1. The lowest BCUT2D eigenvalue weighted by Gasteiger charge is -2.26. The number of fused-ring (bicyclic) bond motifs is 1. The molecule has 1 amide bonds. The Morgan fingerprint density at radius 3 is 3.00 bits per heavy atom. The highest BCUT2D eigenvalue weighted by Gasteiger charge is 2.24. The van der Waals surface area contributed by atoms with Gasteiger partial charge in [0, 0.05) is 24.3 Å². The molecule has 0 radical (unpaired) electrons. The molecular formula is C12H19N5OS. The number of carbonyl (C=O) groups excluding carboxylic acids is 1. The third kappa shape index (κ3) is 3.44. The molecule has 104 valence electrons.